The zero-order valence-electron chi connectivity index (χ0n) is 25.1. The molecule has 0 bridgehead atoms. The zero-order chi connectivity index (χ0) is 31.2. The van der Waals surface area contributed by atoms with E-state index in [-0.39, 0.29) is 15.9 Å². The largest absolute Gasteiger partial charge is 0.112 e. The predicted octanol–water partition coefficient (Wildman–Crippen LogP) is 9.13. The standard InChI is InChI=1S/C40H38P2.2ClH.Pd/c1-7-21-35(22-8-1)41(36-23-9-2-10-24-36,37-25-11-3-12-26-37)33-19-20-34-42(38-27-13-4-14-28-38,39-29-15-5-16-30-39)40-31-17-6-18-32-40;;;/h1-18,21-32H,19-20,33-34H2;2*1H;/q+2;;;+2/p-2. The third-order valence-electron chi connectivity index (χ3n) is 8.42. The molecule has 0 aliphatic rings. The quantitative estimate of drug-likeness (QED) is 0.0703. The molecule has 0 saturated carbocycles. The van der Waals surface area contributed by atoms with Crippen LogP contribution in [-0.4, -0.2) is 12.3 Å². The van der Waals surface area contributed by atoms with Gasteiger partial charge in [-0.2, -0.15) is 0 Å². The van der Waals surface area contributed by atoms with Crippen molar-refractivity contribution in [2.24, 2.45) is 0 Å². The second kappa shape index (κ2) is 17.4. The summed E-state index contributed by atoms with van der Waals surface area (Å²) in [7, 11) is 5.95. The van der Waals surface area contributed by atoms with E-state index in [0.717, 1.165) is 12.3 Å². The van der Waals surface area contributed by atoms with E-state index in [2.05, 4.69) is 182 Å². The molecule has 0 N–H and O–H groups in total. The second-order valence-electron chi connectivity index (χ2n) is 10.8. The molecule has 45 heavy (non-hydrogen) atoms. The minimum absolute atomic E-state index is 0.106. The first-order chi connectivity index (χ1) is 22.3. The monoisotopic (exact) mass is 756 g/mol. The van der Waals surface area contributed by atoms with Gasteiger partial charge in [-0.3, -0.25) is 0 Å². The van der Waals surface area contributed by atoms with E-state index in [4.69, 9.17) is 19.1 Å². The van der Waals surface area contributed by atoms with E-state index in [1.165, 1.54) is 44.7 Å². The molecular formula is C40H38Cl2P2Pd+2. The van der Waals surface area contributed by atoms with Gasteiger partial charge in [0, 0.05) is 0 Å². The van der Waals surface area contributed by atoms with Gasteiger partial charge in [-0.05, 0) is 85.6 Å². The van der Waals surface area contributed by atoms with Crippen molar-refractivity contribution < 1.29 is 15.9 Å². The third kappa shape index (κ3) is 7.87. The molecule has 6 rings (SSSR count). The maximum absolute atomic E-state index is 4.81. The first-order valence-corrected chi connectivity index (χ1v) is 23.1. The van der Waals surface area contributed by atoms with Crippen LogP contribution >= 0.6 is 33.6 Å². The van der Waals surface area contributed by atoms with Crippen molar-refractivity contribution in [1.29, 1.82) is 0 Å². The molecule has 0 radical (unpaired) electrons. The topological polar surface area (TPSA) is 0 Å². The summed E-state index contributed by atoms with van der Waals surface area (Å²) in [5.41, 5.74) is 0. The molecule has 5 heteroatoms. The Balaban J connectivity index is 0.00000128. The van der Waals surface area contributed by atoms with Gasteiger partial charge >= 0.3 is 35.0 Å². The maximum atomic E-state index is 4.81. The van der Waals surface area contributed by atoms with Gasteiger partial charge in [0.2, 0.25) is 0 Å². The average Bonchev–Trinajstić information content (AvgIpc) is 3.13. The van der Waals surface area contributed by atoms with Gasteiger partial charge in [0.15, 0.2) is 0 Å². The van der Waals surface area contributed by atoms with Crippen LogP contribution in [0.5, 0.6) is 0 Å². The number of benzene rings is 6. The molecule has 0 unspecified atom stereocenters. The van der Waals surface area contributed by atoms with E-state index in [0.29, 0.717) is 0 Å². The van der Waals surface area contributed by atoms with Gasteiger partial charge in [0.25, 0.3) is 0 Å². The minimum atomic E-state index is -1.84. The van der Waals surface area contributed by atoms with Gasteiger partial charge in [-0.1, -0.05) is 109 Å². The van der Waals surface area contributed by atoms with Crippen LogP contribution in [0.2, 0.25) is 0 Å². The Kier molecular flexibility index (Phi) is 13.0. The molecule has 0 aliphatic heterocycles. The number of hydrogen-bond acceptors (Lipinski definition) is 0. The molecule has 0 aliphatic carbocycles. The summed E-state index contributed by atoms with van der Waals surface area (Å²) in [5.74, 6) is 0. The van der Waals surface area contributed by atoms with Gasteiger partial charge in [-0.25, -0.2) is 0 Å². The third-order valence-corrected chi connectivity index (χ3v) is 17.5. The van der Waals surface area contributed by atoms with Crippen molar-refractivity contribution >= 4 is 65.4 Å². The Bertz CT molecular complexity index is 1350. The van der Waals surface area contributed by atoms with Crippen LogP contribution in [0.15, 0.2) is 182 Å². The molecule has 0 spiro atoms. The van der Waals surface area contributed by atoms with E-state index >= 15 is 0 Å². The van der Waals surface area contributed by atoms with Crippen LogP contribution in [0.25, 0.3) is 0 Å². The van der Waals surface area contributed by atoms with Crippen molar-refractivity contribution in [3.63, 3.8) is 0 Å². The van der Waals surface area contributed by atoms with Crippen LogP contribution in [0.4, 0.5) is 0 Å². The predicted molar refractivity (Wildman–Crippen MR) is 201 cm³/mol. The molecule has 6 aromatic carbocycles. The van der Waals surface area contributed by atoms with Gasteiger partial charge in [0.1, 0.15) is 46.4 Å². The molecule has 6 aromatic rings. The average molecular weight is 758 g/mol. The fraction of sp³-hybridized carbons (Fsp3) is 0.100. The number of rotatable bonds is 11. The fourth-order valence-electron chi connectivity index (χ4n) is 6.46. The summed E-state index contributed by atoms with van der Waals surface area (Å²) < 4.78 is 0. The Morgan fingerprint density at radius 2 is 0.467 bits per heavy atom. The smallest absolute Gasteiger partial charge is 0.0620 e. The summed E-state index contributed by atoms with van der Waals surface area (Å²) in [6, 6.07) is 67.8. The van der Waals surface area contributed by atoms with Crippen LogP contribution in [0, 0.1) is 0 Å². The molecule has 0 heterocycles. The first kappa shape index (κ1) is 33.8. The molecule has 0 amide bonds. The van der Waals surface area contributed by atoms with Crippen molar-refractivity contribution in [2.45, 2.75) is 12.8 Å². The summed E-state index contributed by atoms with van der Waals surface area (Å²) in [4.78, 5) is 0. The summed E-state index contributed by atoms with van der Waals surface area (Å²) in [5, 5.41) is 8.82. The van der Waals surface area contributed by atoms with Crippen molar-refractivity contribution in [1.82, 2.24) is 0 Å². The van der Waals surface area contributed by atoms with Gasteiger partial charge in [-0.15, -0.1) is 0 Å². The van der Waals surface area contributed by atoms with Crippen molar-refractivity contribution in [3.8, 4) is 0 Å². The van der Waals surface area contributed by atoms with Crippen LogP contribution in [0.3, 0.4) is 0 Å². The molecule has 0 fully saturated rings. The number of halogens is 2. The number of hydrogen-bond donors (Lipinski definition) is 0. The molecule has 0 aromatic heterocycles. The molecule has 0 nitrogen and oxygen atoms in total. The van der Waals surface area contributed by atoms with Gasteiger partial charge in [0.05, 0.1) is 12.3 Å². The summed E-state index contributed by atoms with van der Waals surface area (Å²) in [6.45, 7) is 0. The Hall–Kier alpha value is -2.58. The fourth-order valence-corrected chi connectivity index (χ4v) is 15.3. The molecule has 0 saturated heterocycles. The minimum Gasteiger partial charge on any atom is -0.0620 e. The summed E-state index contributed by atoms with van der Waals surface area (Å²) >= 11 is -0.106. The van der Waals surface area contributed by atoms with E-state index in [1.807, 2.05) is 0 Å². The van der Waals surface area contributed by atoms with Crippen molar-refractivity contribution in [2.75, 3.05) is 12.3 Å². The summed E-state index contributed by atoms with van der Waals surface area (Å²) in [6.07, 6.45) is 4.65. The van der Waals surface area contributed by atoms with Crippen LogP contribution in [0.1, 0.15) is 12.8 Å². The Morgan fingerprint density at radius 3 is 0.622 bits per heavy atom. The van der Waals surface area contributed by atoms with Crippen molar-refractivity contribution in [3.05, 3.63) is 182 Å². The Morgan fingerprint density at radius 1 is 0.311 bits per heavy atom. The van der Waals surface area contributed by atoms with Gasteiger partial charge < -0.3 is 0 Å². The zero-order valence-corrected chi connectivity index (χ0v) is 30.0. The first-order valence-electron chi connectivity index (χ1n) is 15.2. The maximum Gasteiger partial charge on any atom is 0.112 e. The normalized spacial score (nSPS) is 11.4. The van der Waals surface area contributed by atoms with Crippen LogP contribution < -0.4 is 31.8 Å². The van der Waals surface area contributed by atoms with Crippen LogP contribution in [-0.2, 0) is 15.9 Å². The van der Waals surface area contributed by atoms with E-state index < -0.39 is 14.5 Å². The van der Waals surface area contributed by atoms with E-state index in [9.17, 15) is 0 Å². The molecular weight excluding hydrogens is 720 g/mol. The molecule has 230 valence electrons. The molecule has 0 atom stereocenters. The number of unbranched alkanes of at least 4 members (excludes halogenated alkanes) is 1. The van der Waals surface area contributed by atoms with E-state index in [1.54, 1.807) is 0 Å². The second-order valence-corrected chi connectivity index (χ2v) is 20.4. The Labute approximate surface area is 286 Å². The SMILES string of the molecule is [Cl][Pd][Cl].c1ccc([P+](CCCC[P+](c2ccccc2)(c2ccccc2)c2ccccc2)(c2ccccc2)c2ccccc2)cc1.